The van der Waals surface area contributed by atoms with Gasteiger partial charge < -0.3 is 0 Å². The van der Waals surface area contributed by atoms with Gasteiger partial charge in [0, 0.05) is 0 Å². The molecule has 0 atom stereocenters. The second kappa shape index (κ2) is 8.80. The van der Waals surface area contributed by atoms with Gasteiger partial charge in [-0.2, -0.15) is 16.8 Å². The summed E-state index contributed by atoms with van der Waals surface area (Å²) in [5.74, 6) is -10.2. The quantitative estimate of drug-likeness (QED) is 0.429. The molecular formula is C24H18N2O10S2. The number of hydroxylamine groups is 4. The lowest BCUT2D eigenvalue weighted by Crippen LogP contribution is -2.50. The van der Waals surface area contributed by atoms with Gasteiger partial charge in [0.05, 0.1) is 33.5 Å². The zero-order valence-electron chi connectivity index (χ0n) is 19.3. The van der Waals surface area contributed by atoms with Crippen LogP contribution >= 0.6 is 0 Å². The van der Waals surface area contributed by atoms with Gasteiger partial charge in [0.2, 0.25) is 0 Å². The number of benzene rings is 2. The van der Waals surface area contributed by atoms with Crippen molar-refractivity contribution in [2.45, 2.75) is 9.79 Å². The number of rotatable bonds is 8. The topological polar surface area (TPSA) is 161 Å². The number of carbonyl (C=O) groups excluding carboxylic acids is 4. The van der Waals surface area contributed by atoms with Crippen LogP contribution in [-0.4, -0.2) is 50.6 Å². The van der Waals surface area contributed by atoms with E-state index in [0.717, 1.165) is 0 Å². The van der Waals surface area contributed by atoms with Gasteiger partial charge in [-0.3, -0.25) is 19.2 Å². The molecule has 38 heavy (non-hydrogen) atoms. The second-order valence-electron chi connectivity index (χ2n) is 8.65. The molecule has 0 bridgehead atoms. The number of hydrogen-bond donors (Lipinski definition) is 0. The summed E-state index contributed by atoms with van der Waals surface area (Å²) in [6, 6.07) is 10.5. The van der Waals surface area contributed by atoms with E-state index in [9.17, 15) is 36.0 Å². The molecule has 2 aromatic carbocycles. The molecule has 0 radical (unpaired) electrons. The van der Waals surface area contributed by atoms with Crippen molar-refractivity contribution in [1.29, 1.82) is 0 Å². The zero-order chi connectivity index (χ0) is 27.6. The van der Waals surface area contributed by atoms with Crippen molar-refractivity contribution in [1.82, 2.24) is 10.1 Å². The van der Waals surface area contributed by atoms with E-state index < -0.39 is 67.5 Å². The predicted molar refractivity (Wildman–Crippen MR) is 127 cm³/mol. The van der Waals surface area contributed by atoms with Crippen LogP contribution in [0.15, 0.2) is 71.5 Å². The Labute approximate surface area is 216 Å². The lowest BCUT2D eigenvalue weighted by molar-refractivity contribution is -0.169. The van der Waals surface area contributed by atoms with Crippen molar-refractivity contribution in [3.8, 4) is 0 Å². The van der Waals surface area contributed by atoms with Gasteiger partial charge in [0.15, 0.2) is 0 Å². The molecule has 3 aliphatic rings. The van der Waals surface area contributed by atoms with Gasteiger partial charge in [-0.25, -0.2) is 0 Å². The van der Waals surface area contributed by atoms with Gasteiger partial charge in [-0.1, -0.05) is 49.6 Å². The van der Waals surface area contributed by atoms with Crippen LogP contribution < -0.4 is 0 Å². The fourth-order valence-corrected chi connectivity index (χ4v) is 6.50. The number of fused-ring (bicyclic) bond motifs is 4. The van der Waals surface area contributed by atoms with Crippen molar-refractivity contribution >= 4 is 56.0 Å². The summed E-state index contributed by atoms with van der Waals surface area (Å²) in [5.41, 5.74) is 1.23. The number of amides is 4. The SMILES string of the molecule is C=Cc1ccc(S(=O)(=O)ON2C(=O)C3C(C2=O)C2C(=O)N(OS(=O)(=O)c4ccc(C=C)cc4)C(=O)C32)cc1. The summed E-state index contributed by atoms with van der Waals surface area (Å²) in [6.45, 7) is 7.11. The minimum atomic E-state index is -4.62. The molecule has 2 aliphatic heterocycles. The molecule has 2 saturated heterocycles. The Morgan fingerprint density at radius 1 is 0.553 bits per heavy atom. The minimum Gasteiger partial charge on any atom is -0.272 e. The fourth-order valence-electron chi connectivity index (χ4n) is 4.71. The maximum atomic E-state index is 12.9. The van der Waals surface area contributed by atoms with Crippen LogP contribution in [0.4, 0.5) is 0 Å². The van der Waals surface area contributed by atoms with E-state index in [4.69, 9.17) is 8.57 Å². The summed E-state index contributed by atoms with van der Waals surface area (Å²) in [4.78, 5) is 50.9. The Bertz CT molecular complexity index is 1460. The molecule has 0 spiro atoms. The average Bonchev–Trinajstić information content (AvgIpc) is 3.19. The van der Waals surface area contributed by atoms with Gasteiger partial charge in [-0.15, -0.1) is 18.7 Å². The molecular weight excluding hydrogens is 540 g/mol. The number of carbonyl (C=O) groups is 4. The molecule has 0 unspecified atom stereocenters. The van der Waals surface area contributed by atoms with Crippen LogP contribution in [0.5, 0.6) is 0 Å². The summed E-state index contributed by atoms with van der Waals surface area (Å²) in [5, 5.41) is 0.0715. The Kier molecular flexibility index (Phi) is 5.94. The molecule has 4 amide bonds. The van der Waals surface area contributed by atoms with Crippen LogP contribution in [-0.2, 0) is 48.0 Å². The Balaban J connectivity index is 1.34. The lowest BCUT2D eigenvalue weighted by Gasteiger charge is -2.35. The molecule has 3 fully saturated rings. The molecule has 14 heteroatoms. The van der Waals surface area contributed by atoms with E-state index >= 15 is 0 Å². The molecule has 1 saturated carbocycles. The molecule has 0 aromatic heterocycles. The maximum Gasteiger partial charge on any atom is 0.318 e. The largest absolute Gasteiger partial charge is 0.318 e. The zero-order valence-corrected chi connectivity index (χ0v) is 20.9. The summed E-state index contributed by atoms with van der Waals surface area (Å²) in [6.07, 6.45) is 2.96. The van der Waals surface area contributed by atoms with Gasteiger partial charge in [0.1, 0.15) is 0 Å². The standard InChI is InChI=1S/C24H18N2O10S2/c1-3-13-5-9-15(10-6-13)37(31,32)35-25-21(27)17-18(22(25)28)20-19(17)23(29)26(24(20)30)36-38(33,34)16-11-7-14(4-2)8-12-16/h3-12,17-20H,1-2H2. The Morgan fingerprint density at radius 3 is 1.05 bits per heavy atom. The van der Waals surface area contributed by atoms with Gasteiger partial charge >= 0.3 is 20.2 Å². The third kappa shape index (κ3) is 3.80. The van der Waals surface area contributed by atoms with E-state index in [2.05, 4.69) is 13.2 Å². The molecule has 5 rings (SSSR count). The number of hydrogen-bond acceptors (Lipinski definition) is 10. The van der Waals surface area contributed by atoms with Crippen LogP contribution in [0, 0.1) is 23.7 Å². The van der Waals surface area contributed by atoms with Gasteiger partial charge in [-0.05, 0) is 35.4 Å². The van der Waals surface area contributed by atoms with Crippen LogP contribution in [0.3, 0.4) is 0 Å². The molecule has 1 aliphatic carbocycles. The molecule has 0 N–H and O–H groups in total. The Hall–Kier alpha value is -3.98. The summed E-state index contributed by atoms with van der Waals surface area (Å²) >= 11 is 0. The van der Waals surface area contributed by atoms with Crippen LogP contribution in [0.2, 0.25) is 0 Å². The van der Waals surface area contributed by atoms with Crippen molar-refractivity contribution in [2.24, 2.45) is 23.7 Å². The first-order valence-electron chi connectivity index (χ1n) is 11.0. The highest BCUT2D eigenvalue weighted by atomic mass is 32.2. The third-order valence-electron chi connectivity index (χ3n) is 6.64. The first-order chi connectivity index (χ1) is 17.9. The van der Waals surface area contributed by atoms with E-state index in [1.165, 1.54) is 60.7 Å². The Morgan fingerprint density at radius 2 is 0.816 bits per heavy atom. The summed E-state index contributed by atoms with van der Waals surface area (Å²) in [7, 11) is -9.23. The van der Waals surface area contributed by atoms with Crippen molar-refractivity contribution < 1.29 is 44.6 Å². The second-order valence-corrected chi connectivity index (χ2v) is 11.7. The monoisotopic (exact) mass is 558 g/mol. The van der Waals surface area contributed by atoms with Crippen LogP contribution in [0.25, 0.3) is 12.2 Å². The normalized spacial score (nSPS) is 24.7. The first-order valence-corrected chi connectivity index (χ1v) is 13.8. The van der Waals surface area contributed by atoms with E-state index in [0.29, 0.717) is 11.1 Å². The highest BCUT2D eigenvalue weighted by molar-refractivity contribution is 7.87. The predicted octanol–water partition coefficient (Wildman–Crippen LogP) is 1.13. The average molecular weight is 559 g/mol. The maximum absolute atomic E-state index is 12.9. The lowest BCUT2D eigenvalue weighted by atomic mass is 9.59. The minimum absolute atomic E-state index is 0.0358. The first kappa shape index (κ1) is 25.7. The highest BCUT2D eigenvalue weighted by Gasteiger charge is 2.75. The van der Waals surface area contributed by atoms with Crippen molar-refractivity contribution in [3.63, 3.8) is 0 Å². The fraction of sp³-hybridized carbons (Fsp3) is 0.167. The number of imide groups is 2. The van der Waals surface area contributed by atoms with E-state index in [1.54, 1.807) is 0 Å². The molecule has 196 valence electrons. The smallest absolute Gasteiger partial charge is 0.272 e. The highest BCUT2D eigenvalue weighted by Crippen LogP contribution is 2.56. The van der Waals surface area contributed by atoms with E-state index in [-0.39, 0.29) is 19.9 Å². The van der Waals surface area contributed by atoms with Crippen molar-refractivity contribution in [3.05, 3.63) is 72.8 Å². The molecule has 2 heterocycles. The van der Waals surface area contributed by atoms with E-state index in [1.807, 2.05) is 0 Å². The number of nitrogens with zero attached hydrogens (tertiary/aromatic N) is 2. The molecule has 12 nitrogen and oxygen atoms in total. The van der Waals surface area contributed by atoms with Gasteiger partial charge in [0.25, 0.3) is 23.6 Å². The summed E-state index contributed by atoms with van der Waals surface area (Å²) < 4.78 is 60.2. The van der Waals surface area contributed by atoms with Crippen molar-refractivity contribution in [2.75, 3.05) is 0 Å². The van der Waals surface area contributed by atoms with Crippen LogP contribution in [0.1, 0.15) is 11.1 Å². The molecule has 2 aromatic rings. The third-order valence-corrected chi connectivity index (χ3v) is 9.03.